The summed E-state index contributed by atoms with van der Waals surface area (Å²) < 4.78 is 5.92. The summed E-state index contributed by atoms with van der Waals surface area (Å²) in [6, 6.07) is 14.5. The van der Waals surface area contributed by atoms with E-state index in [0.29, 0.717) is 16.6 Å². The fourth-order valence-electron chi connectivity index (χ4n) is 2.74. The molecule has 8 heteroatoms. The molecule has 0 bridgehead atoms. The number of esters is 1. The lowest BCUT2D eigenvalue weighted by Crippen LogP contribution is -2.28. The number of thioether (sulfide) groups is 1. The standard InChI is InChI=1S/C21H21N3O4S/c1-3-14-8-10-15(11-9-14)22-18(25)13-29-21-23-17-7-5-4-6-16(17)20(27)24(21)12-19(26)28-2/h4-11H,3,12-13H2,1-2H3,(H,22,25). The number of fused-ring (bicyclic) bond motifs is 1. The molecular weight excluding hydrogens is 390 g/mol. The highest BCUT2D eigenvalue weighted by Gasteiger charge is 2.16. The van der Waals surface area contributed by atoms with Crippen molar-refractivity contribution in [2.24, 2.45) is 0 Å². The van der Waals surface area contributed by atoms with E-state index >= 15 is 0 Å². The lowest BCUT2D eigenvalue weighted by atomic mass is 10.1. The van der Waals surface area contributed by atoms with E-state index < -0.39 is 5.97 Å². The van der Waals surface area contributed by atoms with Crippen molar-refractivity contribution in [2.45, 2.75) is 25.0 Å². The molecule has 1 N–H and O–H groups in total. The first-order valence-electron chi connectivity index (χ1n) is 9.09. The molecule has 3 rings (SSSR count). The van der Waals surface area contributed by atoms with E-state index in [2.05, 4.69) is 22.0 Å². The average molecular weight is 411 g/mol. The minimum atomic E-state index is -0.563. The minimum Gasteiger partial charge on any atom is -0.468 e. The first-order valence-corrected chi connectivity index (χ1v) is 10.1. The molecule has 1 aromatic heterocycles. The Morgan fingerprint density at radius 1 is 1.14 bits per heavy atom. The molecule has 7 nitrogen and oxygen atoms in total. The van der Waals surface area contributed by atoms with Gasteiger partial charge >= 0.3 is 5.97 Å². The second kappa shape index (κ2) is 9.38. The van der Waals surface area contributed by atoms with Gasteiger partial charge in [-0.15, -0.1) is 0 Å². The third-order valence-electron chi connectivity index (χ3n) is 4.32. The molecule has 0 aliphatic carbocycles. The number of para-hydroxylation sites is 1. The molecule has 0 saturated heterocycles. The number of nitrogens with one attached hydrogen (secondary N) is 1. The lowest BCUT2D eigenvalue weighted by Gasteiger charge is -2.12. The Labute approximate surface area is 172 Å². The van der Waals surface area contributed by atoms with Crippen LogP contribution in [0.25, 0.3) is 10.9 Å². The molecule has 3 aromatic rings. The highest BCUT2D eigenvalue weighted by molar-refractivity contribution is 7.99. The maximum Gasteiger partial charge on any atom is 0.325 e. The van der Waals surface area contributed by atoms with Gasteiger partial charge in [-0.25, -0.2) is 4.98 Å². The van der Waals surface area contributed by atoms with Crippen molar-refractivity contribution in [3.63, 3.8) is 0 Å². The third-order valence-corrected chi connectivity index (χ3v) is 5.30. The van der Waals surface area contributed by atoms with Crippen LogP contribution in [0.4, 0.5) is 5.69 Å². The predicted molar refractivity (Wildman–Crippen MR) is 113 cm³/mol. The number of nitrogens with zero attached hydrogens (tertiary/aromatic N) is 2. The summed E-state index contributed by atoms with van der Waals surface area (Å²) >= 11 is 1.10. The van der Waals surface area contributed by atoms with Gasteiger partial charge in [0.25, 0.3) is 5.56 Å². The number of rotatable bonds is 7. The number of methoxy groups -OCH3 is 1. The Morgan fingerprint density at radius 3 is 2.55 bits per heavy atom. The number of carbonyl (C=O) groups excluding carboxylic acids is 2. The second-order valence-corrected chi connectivity index (χ2v) is 7.21. The number of carbonyl (C=O) groups is 2. The van der Waals surface area contributed by atoms with E-state index in [4.69, 9.17) is 0 Å². The molecule has 0 unspecified atom stereocenters. The Hall–Kier alpha value is -3.13. The number of aromatic nitrogens is 2. The zero-order chi connectivity index (χ0) is 20.8. The predicted octanol–water partition coefficient (Wildman–Crippen LogP) is 2.86. The van der Waals surface area contributed by atoms with Crippen LogP contribution in [-0.2, 0) is 27.3 Å². The monoisotopic (exact) mass is 411 g/mol. The average Bonchev–Trinajstić information content (AvgIpc) is 2.75. The van der Waals surface area contributed by atoms with E-state index in [1.165, 1.54) is 17.2 Å². The van der Waals surface area contributed by atoms with Crippen molar-refractivity contribution in [1.29, 1.82) is 0 Å². The summed E-state index contributed by atoms with van der Waals surface area (Å²) in [7, 11) is 1.26. The van der Waals surface area contributed by atoms with Crippen LogP contribution in [0.5, 0.6) is 0 Å². The Balaban J connectivity index is 1.80. The zero-order valence-corrected chi connectivity index (χ0v) is 17.0. The number of hydrogen-bond donors (Lipinski definition) is 1. The summed E-state index contributed by atoms with van der Waals surface area (Å²) in [6.45, 7) is 1.80. The number of aryl methyl sites for hydroxylation is 1. The summed E-state index contributed by atoms with van der Waals surface area (Å²) in [5.41, 5.74) is 2.05. The van der Waals surface area contributed by atoms with Crippen molar-refractivity contribution in [1.82, 2.24) is 9.55 Å². The van der Waals surface area contributed by atoms with Crippen LogP contribution < -0.4 is 10.9 Å². The molecule has 0 aliphatic heterocycles. The second-order valence-electron chi connectivity index (χ2n) is 6.27. The Kier molecular flexibility index (Phi) is 6.66. The Morgan fingerprint density at radius 2 is 1.86 bits per heavy atom. The van der Waals surface area contributed by atoms with Gasteiger partial charge in [0.05, 0.1) is 23.8 Å². The van der Waals surface area contributed by atoms with Crippen LogP contribution in [0.3, 0.4) is 0 Å². The SMILES string of the molecule is CCc1ccc(NC(=O)CSc2nc3ccccc3c(=O)n2CC(=O)OC)cc1. The fourth-order valence-corrected chi connectivity index (χ4v) is 3.54. The van der Waals surface area contributed by atoms with Crippen LogP contribution >= 0.6 is 11.8 Å². The van der Waals surface area contributed by atoms with Crippen molar-refractivity contribution in [2.75, 3.05) is 18.2 Å². The lowest BCUT2D eigenvalue weighted by molar-refractivity contribution is -0.141. The molecule has 0 spiro atoms. The molecule has 0 aliphatic rings. The number of benzene rings is 2. The molecule has 2 aromatic carbocycles. The van der Waals surface area contributed by atoms with E-state index in [1.807, 2.05) is 24.3 Å². The van der Waals surface area contributed by atoms with Gasteiger partial charge in [0, 0.05) is 5.69 Å². The minimum absolute atomic E-state index is 0.0431. The largest absolute Gasteiger partial charge is 0.468 e. The normalized spacial score (nSPS) is 10.7. The highest BCUT2D eigenvalue weighted by atomic mass is 32.2. The van der Waals surface area contributed by atoms with Gasteiger partial charge in [-0.3, -0.25) is 19.0 Å². The van der Waals surface area contributed by atoms with Crippen LogP contribution in [0.15, 0.2) is 58.5 Å². The van der Waals surface area contributed by atoms with Crippen LogP contribution in [-0.4, -0.2) is 34.3 Å². The van der Waals surface area contributed by atoms with Crippen molar-refractivity contribution in [3.05, 3.63) is 64.4 Å². The summed E-state index contributed by atoms with van der Waals surface area (Å²) in [4.78, 5) is 41.4. The molecule has 0 fully saturated rings. The molecule has 0 radical (unpaired) electrons. The highest BCUT2D eigenvalue weighted by Crippen LogP contribution is 2.19. The van der Waals surface area contributed by atoms with Crippen LogP contribution in [0, 0.1) is 0 Å². The van der Waals surface area contributed by atoms with Crippen molar-refractivity contribution < 1.29 is 14.3 Å². The van der Waals surface area contributed by atoms with Crippen molar-refractivity contribution in [3.8, 4) is 0 Å². The maximum atomic E-state index is 12.8. The van der Waals surface area contributed by atoms with E-state index in [1.54, 1.807) is 24.3 Å². The summed E-state index contributed by atoms with van der Waals surface area (Å²) in [6.07, 6.45) is 0.926. The Bertz CT molecular complexity index is 1090. The van der Waals surface area contributed by atoms with Gasteiger partial charge in [0.1, 0.15) is 6.54 Å². The van der Waals surface area contributed by atoms with Crippen LogP contribution in [0.1, 0.15) is 12.5 Å². The van der Waals surface area contributed by atoms with E-state index in [9.17, 15) is 14.4 Å². The molecule has 29 heavy (non-hydrogen) atoms. The number of hydrogen-bond acceptors (Lipinski definition) is 6. The van der Waals surface area contributed by atoms with Gasteiger partial charge in [-0.05, 0) is 36.2 Å². The molecule has 1 amide bonds. The van der Waals surface area contributed by atoms with E-state index in [0.717, 1.165) is 18.2 Å². The number of ether oxygens (including phenoxy) is 1. The fraction of sp³-hybridized carbons (Fsp3) is 0.238. The van der Waals surface area contributed by atoms with Gasteiger partial charge < -0.3 is 10.1 Å². The number of amides is 1. The molecule has 1 heterocycles. The van der Waals surface area contributed by atoms with E-state index in [-0.39, 0.29) is 28.9 Å². The van der Waals surface area contributed by atoms with Gasteiger partial charge in [-0.2, -0.15) is 0 Å². The topological polar surface area (TPSA) is 90.3 Å². The quantitative estimate of drug-likeness (QED) is 0.365. The first kappa shape index (κ1) is 20.6. The van der Waals surface area contributed by atoms with Gasteiger partial charge in [-0.1, -0.05) is 43.0 Å². The van der Waals surface area contributed by atoms with Gasteiger partial charge in [0.2, 0.25) is 5.91 Å². The molecule has 0 saturated carbocycles. The zero-order valence-electron chi connectivity index (χ0n) is 16.2. The molecule has 150 valence electrons. The summed E-state index contributed by atoms with van der Waals surface area (Å²) in [5.74, 6) is -0.751. The summed E-state index contributed by atoms with van der Waals surface area (Å²) in [5, 5.41) is 3.51. The number of anilines is 1. The maximum absolute atomic E-state index is 12.8. The van der Waals surface area contributed by atoms with Gasteiger partial charge in [0.15, 0.2) is 5.16 Å². The van der Waals surface area contributed by atoms with Crippen LogP contribution in [0.2, 0.25) is 0 Å². The smallest absolute Gasteiger partial charge is 0.325 e. The molecular formula is C21H21N3O4S. The third kappa shape index (κ3) is 5.03. The van der Waals surface area contributed by atoms with Crippen molar-refractivity contribution >= 4 is 40.2 Å². The molecule has 0 atom stereocenters. The first-order chi connectivity index (χ1) is 14.0.